The topological polar surface area (TPSA) is 21.3 Å². The van der Waals surface area contributed by atoms with Crippen LogP contribution in [0.3, 0.4) is 0 Å². The van der Waals surface area contributed by atoms with Gasteiger partial charge < -0.3 is 10.1 Å². The zero-order valence-corrected chi connectivity index (χ0v) is 13.2. The summed E-state index contributed by atoms with van der Waals surface area (Å²) >= 11 is 0. The molecule has 112 valence electrons. The van der Waals surface area contributed by atoms with Crippen LogP contribution in [0.2, 0.25) is 0 Å². The third-order valence-electron chi connectivity index (χ3n) is 5.32. The van der Waals surface area contributed by atoms with E-state index in [4.69, 9.17) is 4.74 Å². The molecule has 0 saturated heterocycles. The second-order valence-electron chi connectivity index (χ2n) is 6.77. The summed E-state index contributed by atoms with van der Waals surface area (Å²) in [6, 6.07) is 0.586. The highest BCUT2D eigenvalue weighted by Gasteiger charge is 2.45. The van der Waals surface area contributed by atoms with Gasteiger partial charge in [-0.25, -0.2) is 0 Å². The molecule has 3 unspecified atom stereocenters. The summed E-state index contributed by atoms with van der Waals surface area (Å²) in [6.07, 6.45) is 10.9. The van der Waals surface area contributed by atoms with Crippen LogP contribution in [0.25, 0.3) is 0 Å². The van der Waals surface area contributed by atoms with Gasteiger partial charge in [-0.15, -0.1) is 0 Å². The first kappa shape index (κ1) is 15.3. The number of hydrogen-bond donors (Lipinski definition) is 1. The van der Waals surface area contributed by atoms with Crippen molar-refractivity contribution in [1.82, 2.24) is 5.32 Å². The van der Waals surface area contributed by atoms with Gasteiger partial charge in [-0.3, -0.25) is 0 Å². The van der Waals surface area contributed by atoms with Gasteiger partial charge in [0.25, 0.3) is 0 Å². The van der Waals surface area contributed by atoms with E-state index in [1.807, 2.05) is 0 Å². The van der Waals surface area contributed by atoms with E-state index < -0.39 is 0 Å². The van der Waals surface area contributed by atoms with Crippen molar-refractivity contribution in [3.05, 3.63) is 0 Å². The first-order chi connectivity index (χ1) is 9.22. The minimum Gasteiger partial charge on any atom is -0.374 e. The molecule has 2 fully saturated rings. The van der Waals surface area contributed by atoms with Crippen molar-refractivity contribution in [3.8, 4) is 0 Å². The van der Waals surface area contributed by atoms with Crippen molar-refractivity contribution >= 4 is 0 Å². The van der Waals surface area contributed by atoms with Gasteiger partial charge in [-0.05, 0) is 51.0 Å². The number of rotatable bonds is 6. The molecule has 2 saturated carbocycles. The van der Waals surface area contributed by atoms with Crippen LogP contribution in [0.1, 0.15) is 72.1 Å². The zero-order chi connectivity index (χ0) is 13.7. The normalized spacial score (nSPS) is 32.4. The minimum absolute atomic E-state index is 0.145. The zero-order valence-electron chi connectivity index (χ0n) is 13.2. The fraction of sp³-hybridized carbons (Fsp3) is 1.00. The molecule has 0 amide bonds. The maximum Gasteiger partial charge on any atom is 0.0837 e. The highest BCUT2D eigenvalue weighted by molar-refractivity contribution is 5.01. The van der Waals surface area contributed by atoms with Gasteiger partial charge in [0.2, 0.25) is 0 Å². The van der Waals surface area contributed by atoms with E-state index in [1.54, 1.807) is 0 Å². The van der Waals surface area contributed by atoms with Gasteiger partial charge >= 0.3 is 0 Å². The maximum atomic E-state index is 6.33. The Kier molecular flexibility index (Phi) is 5.70. The summed E-state index contributed by atoms with van der Waals surface area (Å²) in [4.78, 5) is 0. The van der Waals surface area contributed by atoms with Gasteiger partial charge in [-0.2, -0.15) is 0 Å². The van der Waals surface area contributed by atoms with Crippen molar-refractivity contribution in [2.45, 2.75) is 83.8 Å². The Morgan fingerprint density at radius 1 is 1.16 bits per heavy atom. The molecule has 1 N–H and O–H groups in total. The van der Waals surface area contributed by atoms with Crippen molar-refractivity contribution in [2.24, 2.45) is 11.8 Å². The fourth-order valence-electron chi connectivity index (χ4n) is 4.59. The molecule has 0 heterocycles. The van der Waals surface area contributed by atoms with E-state index in [0.717, 1.165) is 25.0 Å². The molecule has 0 aromatic carbocycles. The number of hydrogen-bond acceptors (Lipinski definition) is 2. The van der Waals surface area contributed by atoms with Gasteiger partial charge in [0.15, 0.2) is 0 Å². The molecule has 2 rings (SSSR count). The molecular formula is C17H33NO. The SMILES string of the molecule is CCNC(C1CCCC(C)C1)C1(OCC)CCCC1. The molecule has 0 aliphatic heterocycles. The molecule has 0 aromatic heterocycles. The van der Waals surface area contributed by atoms with Crippen molar-refractivity contribution < 1.29 is 4.74 Å². The Bertz CT molecular complexity index is 260. The molecular weight excluding hydrogens is 234 g/mol. The van der Waals surface area contributed by atoms with Gasteiger partial charge in [0.05, 0.1) is 5.60 Å². The molecule has 2 aliphatic rings. The van der Waals surface area contributed by atoms with Crippen molar-refractivity contribution in [2.75, 3.05) is 13.2 Å². The van der Waals surface area contributed by atoms with Crippen LogP contribution in [0.5, 0.6) is 0 Å². The highest BCUT2D eigenvalue weighted by Crippen LogP contribution is 2.43. The van der Waals surface area contributed by atoms with Crippen LogP contribution in [-0.4, -0.2) is 24.8 Å². The van der Waals surface area contributed by atoms with E-state index in [9.17, 15) is 0 Å². The molecule has 2 aliphatic carbocycles. The average molecular weight is 267 g/mol. The first-order valence-electron chi connectivity index (χ1n) is 8.59. The van der Waals surface area contributed by atoms with E-state index in [-0.39, 0.29) is 5.60 Å². The molecule has 3 atom stereocenters. The second kappa shape index (κ2) is 7.08. The van der Waals surface area contributed by atoms with E-state index in [1.165, 1.54) is 51.4 Å². The monoisotopic (exact) mass is 267 g/mol. The second-order valence-corrected chi connectivity index (χ2v) is 6.77. The summed E-state index contributed by atoms with van der Waals surface area (Å²) in [7, 11) is 0. The Labute approximate surface area is 119 Å². The van der Waals surface area contributed by atoms with Crippen molar-refractivity contribution in [1.29, 1.82) is 0 Å². The smallest absolute Gasteiger partial charge is 0.0837 e. The third-order valence-corrected chi connectivity index (χ3v) is 5.32. The molecule has 0 spiro atoms. The molecule has 0 radical (unpaired) electrons. The van der Waals surface area contributed by atoms with Gasteiger partial charge in [0.1, 0.15) is 0 Å². The lowest BCUT2D eigenvalue weighted by atomic mass is 9.72. The van der Waals surface area contributed by atoms with E-state index in [0.29, 0.717) is 6.04 Å². The van der Waals surface area contributed by atoms with Crippen molar-refractivity contribution in [3.63, 3.8) is 0 Å². The van der Waals surface area contributed by atoms with Crippen LogP contribution in [-0.2, 0) is 4.74 Å². The summed E-state index contributed by atoms with van der Waals surface area (Å²) in [5.74, 6) is 1.73. The summed E-state index contributed by atoms with van der Waals surface area (Å²) in [5.41, 5.74) is 0.145. The Hall–Kier alpha value is -0.0800. The molecule has 0 bridgehead atoms. The summed E-state index contributed by atoms with van der Waals surface area (Å²) < 4.78 is 6.33. The van der Waals surface area contributed by atoms with Crippen LogP contribution in [0.15, 0.2) is 0 Å². The van der Waals surface area contributed by atoms with Crippen LogP contribution < -0.4 is 5.32 Å². The van der Waals surface area contributed by atoms with Gasteiger partial charge in [-0.1, -0.05) is 39.5 Å². The predicted octanol–water partition coefficient (Wildman–Crippen LogP) is 4.14. The van der Waals surface area contributed by atoms with Crippen LogP contribution in [0.4, 0.5) is 0 Å². The largest absolute Gasteiger partial charge is 0.374 e. The lowest BCUT2D eigenvalue weighted by Gasteiger charge is -2.44. The van der Waals surface area contributed by atoms with Crippen LogP contribution >= 0.6 is 0 Å². The maximum absolute atomic E-state index is 6.33. The van der Waals surface area contributed by atoms with Crippen LogP contribution in [0, 0.1) is 11.8 Å². The predicted molar refractivity (Wildman–Crippen MR) is 81.4 cm³/mol. The van der Waals surface area contributed by atoms with Gasteiger partial charge in [0, 0.05) is 12.6 Å². The summed E-state index contributed by atoms with van der Waals surface area (Å²) in [5, 5.41) is 3.82. The van der Waals surface area contributed by atoms with E-state index in [2.05, 4.69) is 26.1 Å². The standard InChI is InChI=1S/C17H33NO/c1-4-18-16(15-10-8-9-14(3)13-15)17(19-5-2)11-6-7-12-17/h14-16,18H,4-13H2,1-3H3. The molecule has 2 nitrogen and oxygen atoms in total. The molecule has 19 heavy (non-hydrogen) atoms. The lowest BCUT2D eigenvalue weighted by Crippen LogP contribution is -2.55. The first-order valence-corrected chi connectivity index (χ1v) is 8.59. The lowest BCUT2D eigenvalue weighted by molar-refractivity contribution is -0.0803. The number of ether oxygens (including phenoxy) is 1. The molecule has 0 aromatic rings. The molecule has 2 heteroatoms. The fourth-order valence-corrected chi connectivity index (χ4v) is 4.59. The Balaban J connectivity index is 2.12. The quantitative estimate of drug-likeness (QED) is 0.781. The summed E-state index contributed by atoms with van der Waals surface area (Å²) in [6.45, 7) is 8.77. The highest BCUT2D eigenvalue weighted by atomic mass is 16.5. The minimum atomic E-state index is 0.145. The average Bonchev–Trinajstić information content (AvgIpc) is 2.86. The third kappa shape index (κ3) is 3.52. The van der Waals surface area contributed by atoms with E-state index >= 15 is 0 Å². The number of nitrogens with one attached hydrogen (secondary N) is 1. The Morgan fingerprint density at radius 3 is 2.47 bits per heavy atom. The number of likely N-dealkylation sites (N-methyl/N-ethyl adjacent to an activating group) is 1. The Morgan fingerprint density at radius 2 is 1.89 bits per heavy atom.